The minimum atomic E-state index is 0.0840. The zero-order valence-electron chi connectivity index (χ0n) is 19.5. The van der Waals surface area contributed by atoms with E-state index in [1.54, 1.807) is 11.8 Å². The zero-order chi connectivity index (χ0) is 23.5. The minimum absolute atomic E-state index is 0.0840. The van der Waals surface area contributed by atoms with Gasteiger partial charge < -0.3 is 10.2 Å². The van der Waals surface area contributed by atoms with Crippen molar-refractivity contribution >= 4 is 11.8 Å². The van der Waals surface area contributed by atoms with E-state index in [0.717, 1.165) is 32.0 Å². The van der Waals surface area contributed by atoms with Crippen LogP contribution >= 0.6 is 11.8 Å². The summed E-state index contributed by atoms with van der Waals surface area (Å²) in [6.07, 6.45) is 0. The zero-order valence-corrected chi connectivity index (χ0v) is 20.4. The lowest BCUT2D eigenvalue weighted by Crippen LogP contribution is -1.99. The van der Waals surface area contributed by atoms with Crippen molar-refractivity contribution in [2.45, 2.75) is 49.3 Å². The maximum absolute atomic E-state index is 10.8. The molecule has 0 saturated heterocycles. The van der Waals surface area contributed by atoms with Crippen LogP contribution in [0.5, 0.6) is 11.5 Å². The number of phenolic OH excluding ortho intramolecular Hbond substituents is 2. The fourth-order valence-corrected chi connectivity index (χ4v) is 5.42. The highest BCUT2D eigenvalue weighted by atomic mass is 32.2. The molecule has 0 aromatic heterocycles. The molecule has 0 radical (unpaired) electrons. The maximum atomic E-state index is 10.8. The Morgan fingerprint density at radius 3 is 1.30 bits per heavy atom. The van der Waals surface area contributed by atoms with Gasteiger partial charge in [0.25, 0.3) is 0 Å². The molecule has 2 unspecified atom stereocenters. The molecule has 0 aliphatic heterocycles. The van der Waals surface area contributed by atoms with E-state index in [4.69, 9.17) is 0 Å². The molecule has 0 saturated carbocycles. The molecule has 2 N–H and O–H groups in total. The molecule has 0 aliphatic rings. The third-order valence-electron chi connectivity index (χ3n) is 6.37. The topological polar surface area (TPSA) is 40.5 Å². The van der Waals surface area contributed by atoms with Crippen LogP contribution in [0.25, 0.3) is 0 Å². The average molecular weight is 455 g/mol. The smallest absolute Gasteiger partial charge is 0.122 e. The number of hydrogen-bond acceptors (Lipinski definition) is 3. The molecule has 0 aliphatic carbocycles. The number of phenols is 2. The van der Waals surface area contributed by atoms with Crippen LogP contribution in [0.1, 0.15) is 59.1 Å². The lowest BCUT2D eigenvalue weighted by atomic mass is 9.91. The molecule has 0 heterocycles. The van der Waals surface area contributed by atoms with Crippen molar-refractivity contribution in [2.24, 2.45) is 0 Å². The Hall–Kier alpha value is -3.17. The highest BCUT2D eigenvalue weighted by Crippen LogP contribution is 2.41. The lowest BCUT2D eigenvalue weighted by molar-refractivity contribution is 0.461. The summed E-state index contributed by atoms with van der Waals surface area (Å²) in [4.78, 5) is 2.15. The summed E-state index contributed by atoms with van der Waals surface area (Å²) < 4.78 is 0. The summed E-state index contributed by atoms with van der Waals surface area (Å²) in [5, 5.41) is 21.6. The van der Waals surface area contributed by atoms with E-state index in [9.17, 15) is 10.2 Å². The molecule has 33 heavy (non-hydrogen) atoms. The van der Waals surface area contributed by atoms with Gasteiger partial charge in [0, 0.05) is 32.8 Å². The normalized spacial score (nSPS) is 13.0. The summed E-state index contributed by atoms with van der Waals surface area (Å²) in [7, 11) is 0. The first-order valence-electron chi connectivity index (χ1n) is 11.3. The molecule has 168 valence electrons. The van der Waals surface area contributed by atoms with Crippen LogP contribution in [0.15, 0.2) is 94.7 Å². The summed E-state index contributed by atoms with van der Waals surface area (Å²) in [5.74, 6) is 0.883. The van der Waals surface area contributed by atoms with E-state index >= 15 is 0 Å². The van der Waals surface area contributed by atoms with Gasteiger partial charge in [0.2, 0.25) is 0 Å². The third-order valence-corrected chi connectivity index (χ3v) is 7.32. The van der Waals surface area contributed by atoms with Gasteiger partial charge in [0.1, 0.15) is 11.5 Å². The minimum Gasteiger partial charge on any atom is -0.507 e. The number of hydrogen-bond donors (Lipinski definition) is 2. The fourth-order valence-electron chi connectivity index (χ4n) is 4.30. The van der Waals surface area contributed by atoms with Crippen LogP contribution < -0.4 is 0 Å². The second-order valence-corrected chi connectivity index (χ2v) is 9.87. The second-order valence-electron chi connectivity index (χ2n) is 8.72. The van der Waals surface area contributed by atoms with Gasteiger partial charge in [-0.3, -0.25) is 0 Å². The van der Waals surface area contributed by atoms with Crippen LogP contribution in [0, 0.1) is 13.8 Å². The Bertz CT molecular complexity index is 1150. The Balaban J connectivity index is 1.69. The molecule has 0 bridgehead atoms. The van der Waals surface area contributed by atoms with Gasteiger partial charge in [-0.2, -0.15) is 0 Å². The van der Waals surface area contributed by atoms with E-state index in [1.165, 1.54) is 11.1 Å². The molecule has 0 spiro atoms. The molecule has 4 aromatic carbocycles. The fraction of sp³-hybridized carbons (Fsp3) is 0.200. The van der Waals surface area contributed by atoms with Crippen LogP contribution in [0.4, 0.5) is 0 Å². The van der Waals surface area contributed by atoms with E-state index < -0.39 is 0 Å². The van der Waals surface area contributed by atoms with Gasteiger partial charge in [-0.1, -0.05) is 86.3 Å². The second kappa shape index (κ2) is 9.76. The monoisotopic (exact) mass is 454 g/mol. The largest absolute Gasteiger partial charge is 0.507 e. The van der Waals surface area contributed by atoms with Gasteiger partial charge >= 0.3 is 0 Å². The predicted octanol–water partition coefficient (Wildman–Crippen LogP) is 8.17. The Morgan fingerprint density at radius 2 is 0.939 bits per heavy atom. The van der Waals surface area contributed by atoms with Crippen molar-refractivity contribution < 1.29 is 10.2 Å². The molecule has 0 fully saturated rings. The van der Waals surface area contributed by atoms with Crippen molar-refractivity contribution in [1.29, 1.82) is 0 Å². The molecular formula is C30H30O2S. The van der Waals surface area contributed by atoms with E-state index in [-0.39, 0.29) is 11.8 Å². The van der Waals surface area contributed by atoms with Gasteiger partial charge in [-0.25, -0.2) is 0 Å². The van der Waals surface area contributed by atoms with Gasteiger partial charge in [0.15, 0.2) is 0 Å². The van der Waals surface area contributed by atoms with E-state index in [1.807, 2.05) is 62.4 Å². The molecule has 0 amide bonds. The highest BCUT2D eigenvalue weighted by Gasteiger charge is 2.18. The van der Waals surface area contributed by atoms with E-state index in [0.29, 0.717) is 11.5 Å². The standard InChI is InChI=1S/C30H30O2S/c1-19-15-25(17-27(29(19)31)21(3)23-11-7-5-8-12-23)33-26-16-20(2)30(32)28(18-26)22(4)24-13-9-6-10-14-24/h5-18,21-22,31-32H,1-4H3. The third kappa shape index (κ3) is 4.94. The molecule has 2 atom stereocenters. The van der Waals surface area contributed by atoms with Crippen LogP contribution in [0.2, 0.25) is 0 Å². The Labute approximate surface area is 201 Å². The first kappa shape index (κ1) is 23.0. The highest BCUT2D eigenvalue weighted by molar-refractivity contribution is 7.99. The molecule has 4 rings (SSSR count). The van der Waals surface area contributed by atoms with Crippen molar-refractivity contribution in [2.75, 3.05) is 0 Å². The van der Waals surface area contributed by atoms with Crippen LogP contribution in [-0.2, 0) is 0 Å². The maximum Gasteiger partial charge on any atom is 0.122 e. The van der Waals surface area contributed by atoms with Crippen molar-refractivity contribution in [3.05, 3.63) is 118 Å². The molecule has 2 nitrogen and oxygen atoms in total. The molecule has 4 aromatic rings. The van der Waals surface area contributed by atoms with Crippen LogP contribution in [-0.4, -0.2) is 10.2 Å². The number of benzene rings is 4. The number of rotatable bonds is 6. The Morgan fingerprint density at radius 1 is 0.576 bits per heavy atom. The Kier molecular flexibility index (Phi) is 6.80. The predicted molar refractivity (Wildman–Crippen MR) is 138 cm³/mol. The SMILES string of the molecule is Cc1cc(Sc2cc(C)c(O)c(C(C)c3ccccc3)c2)cc(C(C)c2ccccc2)c1O. The quantitative estimate of drug-likeness (QED) is 0.309. The molecule has 3 heteroatoms. The van der Waals surface area contributed by atoms with Crippen molar-refractivity contribution in [3.63, 3.8) is 0 Å². The summed E-state index contributed by atoms with van der Waals surface area (Å²) in [6, 6.07) is 28.8. The average Bonchev–Trinajstić information content (AvgIpc) is 2.83. The van der Waals surface area contributed by atoms with Gasteiger partial charge in [-0.05, 0) is 60.4 Å². The number of aryl methyl sites for hydroxylation is 2. The molecular weight excluding hydrogens is 424 g/mol. The summed E-state index contributed by atoms with van der Waals surface area (Å²) in [5.41, 5.74) is 5.94. The summed E-state index contributed by atoms with van der Waals surface area (Å²) in [6.45, 7) is 8.16. The first-order chi connectivity index (χ1) is 15.8. The first-order valence-corrected chi connectivity index (χ1v) is 12.1. The van der Waals surface area contributed by atoms with Gasteiger partial charge in [-0.15, -0.1) is 0 Å². The summed E-state index contributed by atoms with van der Waals surface area (Å²) >= 11 is 1.66. The van der Waals surface area contributed by atoms with Gasteiger partial charge in [0.05, 0.1) is 0 Å². The van der Waals surface area contributed by atoms with E-state index in [2.05, 4.69) is 50.2 Å². The van der Waals surface area contributed by atoms with Crippen LogP contribution in [0.3, 0.4) is 0 Å². The lowest BCUT2D eigenvalue weighted by Gasteiger charge is -2.19. The van der Waals surface area contributed by atoms with Crippen molar-refractivity contribution in [1.82, 2.24) is 0 Å². The number of aromatic hydroxyl groups is 2. The van der Waals surface area contributed by atoms with Crippen molar-refractivity contribution in [3.8, 4) is 11.5 Å².